The van der Waals surface area contributed by atoms with Gasteiger partial charge in [0.2, 0.25) is 0 Å². The van der Waals surface area contributed by atoms with Gasteiger partial charge in [0.25, 0.3) is 10.0 Å². The lowest BCUT2D eigenvalue weighted by Crippen LogP contribution is -2.14. The normalized spacial score (nSPS) is 10.9. The number of nitrogen functional groups attached to an aromatic ring is 1. The standard InChI is InChI=1S/C14H12ClN3O2S/c1-9-2-4-11(17)6-14(9)18-21(19,20)12-5-3-10(8-16)13(15)7-12/h2-7,18H,17H2,1H3. The van der Waals surface area contributed by atoms with E-state index >= 15 is 0 Å². The van der Waals surface area contributed by atoms with E-state index in [9.17, 15) is 8.42 Å². The molecule has 0 saturated carbocycles. The van der Waals surface area contributed by atoms with E-state index in [1.807, 2.05) is 6.07 Å². The van der Waals surface area contributed by atoms with Crippen LogP contribution in [0.25, 0.3) is 0 Å². The van der Waals surface area contributed by atoms with Crippen LogP contribution in [0.5, 0.6) is 0 Å². The van der Waals surface area contributed by atoms with Gasteiger partial charge in [-0.3, -0.25) is 4.72 Å². The van der Waals surface area contributed by atoms with Crippen LogP contribution in [0, 0.1) is 18.3 Å². The van der Waals surface area contributed by atoms with Gasteiger partial charge in [-0.05, 0) is 42.8 Å². The first-order valence-electron chi connectivity index (χ1n) is 5.92. The SMILES string of the molecule is Cc1ccc(N)cc1NS(=O)(=O)c1ccc(C#N)c(Cl)c1. The molecular weight excluding hydrogens is 310 g/mol. The monoisotopic (exact) mass is 321 g/mol. The molecule has 0 radical (unpaired) electrons. The second-order valence-corrected chi connectivity index (χ2v) is 6.52. The average molecular weight is 322 g/mol. The third-order valence-electron chi connectivity index (χ3n) is 2.88. The van der Waals surface area contributed by atoms with Crippen molar-refractivity contribution in [3.05, 3.63) is 52.5 Å². The number of nitriles is 1. The van der Waals surface area contributed by atoms with Gasteiger partial charge in [0.05, 0.1) is 21.2 Å². The minimum atomic E-state index is -3.80. The van der Waals surface area contributed by atoms with Crippen molar-refractivity contribution in [2.45, 2.75) is 11.8 Å². The van der Waals surface area contributed by atoms with E-state index in [0.29, 0.717) is 11.4 Å². The summed E-state index contributed by atoms with van der Waals surface area (Å²) >= 11 is 5.86. The molecule has 0 spiro atoms. The average Bonchev–Trinajstić information content (AvgIpc) is 2.42. The van der Waals surface area contributed by atoms with Gasteiger partial charge in [0, 0.05) is 5.69 Å². The first-order valence-corrected chi connectivity index (χ1v) is 7.78. The Morgan fingerprint density at radius 1 is 1.24 bits per heavy atom. The Bertz CT molecular complexity index is 842. The molecule has 108 valence electrons. The number of rotatable bonds is 3. The van der Waals surface area contributed by atoms with Gasteiger partial charge in [0.1, 0.15) is 6.07 Å². The minimum Gasteiger partial charge on any atom is -0.399 e. The van der Waals surface area contributed by atoms with Crippen LogP contribution in [0.15, 0.2) is 41.3 Å². The Morgan fingerprint density at radius 2 is 1.95 bits per heavy atom. The van der Waals surface area contributed by atoms with Gasteiger partial charge in [-0.1, -0.05) is 17.7 Å². The van der Waals surface area contributed by atoms with Gasteiger partial charge >= 0.3 is 0 Å². The summed E-state index contributed by atoms with van der Waals surface area (Å²) in [5.41, 5.74) is 7.47. The zero-order chi connectivity index (χ0) is 15.6. The van der Waals surface area contributed by atoms with Crippen LogP contribution in [0.2, 0.25) is 5.02 Å². The lowest BCUT2D eigenvalue weighted by molar-refractivity contribution is 0.601. The van der Waals surface area contributed by atoms with E-state index in [1.54, 1.807) is 19.1 Å². The highest BCUT2D eigenvalue weighted by Crippen LogP contribution is 2.24. The van der Waals surface area contributed by atoms with E-state index in [-0.39, 0.29) is 15.5 Å². The van der Waals surface area contributed by atoms with Gasteiger partial charge in [0.15, 0.2) is 0 Å². The molecule has 0 saturated heterocycles. The summed E-state index contributed by atoms with van der Waals surface area (Å²) in [7, 11) is -3.80. The van der Waals surface area contributed by atoms with Gasteiger partial charge in [-0.15, -0.1) is 0 Å². The van der Waals surface area contributed by atoms with Crippen LogP contribution >= 0.6 is 11.6 Å². The summed E-state index contributed by atoms with van der Waals surface area (Å²) in [4.78, 5) is -0.0201. The van der Waals surface area contributed by atoms with Crippen LogP contribution in [0.1, 0.15) is 11.1 Å². The number of hydrogen-bond donors (Lipinski definition) is 2. The summed E-state index contributed by atoms with van der Waals surface area (Å²) in [6, 6.07) is 10.8. The van der Waals surface area contributed by atoms with E-state index in [1.165, 1.54) is 24.3 Å². The van der Waals surface area contributed by atoms with Crippen molar-refractivity contribution in [1.29, 1.82) is 5.26 Å². The molecule has 3 N–H and O–H groups in total. The summed E-state index contributed by atoms with van der Waals surface area (Å²) < 4.78 is 27.1. The molecular formula is C14H12ClN3O2S. The second kappa shape index (κ2) is 5.64. The van der Waals surface area contributed by atoms with Crippen molar-refractivity contribution >= 4 is 33.0 Å². The summed E-state index contributed by atoms with van der Waals surface area (Å²) in [5, 5.41) is 8.89. The fraction of sp³-hybridized carbons (Fsp3) is 0.0714. The molecule has 0 bridgehead atoms. The summed E-state index contributed by atoms with van der Waals surface area (Å²) in [5.74, 6) is 0. The van der Waals surface area contributed by atoms with Gasteiger partial charge < -0.3 is 5.73 Å². The quantitative estimate of drug-likeness (QED) is 0.849. The fourth-order valence-electron chi connectivity index (χ4n) is 1.71. The molecule has 21 heavy (non-hydrogen) atoms. The van der Waals surface area contributed by atoms with Crippen LogP contribution in [-0.4, -0.2) is 8.42 Å². The van der Waals surface area contributed by atoms with Crippen LogP contribution < -0.4 is 10.5 Å². The number of nitrogens with one attached hydrogen (secondary N) is 1. The van der Waals surface area contributed by atoms with Crippen molar-refractivity contribution in [1.82, 2.24) is 0 Å². The molecule has 0 atom stereocenters. The largest absolute Gasteiger partial charge is 0.399 e. The topological polar surface area (TPSA) is 96.0 Å². The number of hydrogen-bond acceptors (Lipinski definition) is 4. The molecule has 0 amide bonds. The van der Waals surface area contributed by atoms with Gasteiger partial charge in [-0.2, -0.15) is 5.26 Å². The Labute approximate surface area is 128 Å². The van der Waals surface area contributed by atoms with Crippen molar-refractivity contribution in [2.75, 3.05) is 10.5 Å². The van der Waals surface area contributed by atoms with Gasteiger partial charge in [-0.25, -0.2) is 8.42 Å². The highest BCUT2D eigenvalue weighted by molar-refractivity contribution is 7.92. The predicted octanol–water partition coefficient (Wildman–Crippen LogP) is 2.90. The lowest BCUT2D eigenvalue weighted by atomic mass is 10.2. The number of benzene rings is 2. The molecule has 7 heteroatoms. The predicted molar refractivity (Wildman–Crippen MR) is 82.6 cm³/mol. The van der Waals surface area contributed by atoms with Crippen molar-refractivity contribution < 1.29 is 8.42 Å². The Kier molecular flexibility index (Phi) is 4.07. The maximum atomic E-state index is 12.3. The van der Waals surface area contributed by atoms with Crippen molar-refractivity contribution in [2.24, 2.45) is 0 Å². The maximum absolute atomic E-state index is 12.3. The second-order valence-electron chi connectivity index (χ2n) is 4.43. The van der Waals surface area contributed by atoms with E-state index in [4.69, 9.17) is 22.6 Å². The molecule has 0 unspecified atom stereocenters. The number of sulfonamides is 1. The van der Waals surface area contributed by atoms with Crippen LogP contribution in [0.3, 0.4) is 0 Å². The number of nitrogens with zero attached hydrogens (tertiary/aromatic N) is 1. The molecule has 0 heterocycles. The summed E-state index contributed by atoms with van der Waals surface area (Å²) in [6.07, 6.45) is 0. The molecule has 0 aromatic heterocycles. The van der Waals surface area contributed by atoms with E-state index in [2.05, 4.69) is 4.72 Å². The molecule has 2 aromatic rings. The van der Waals surface area contributed by atoms with E-state index in [0.717, 1.165) is 5.56 Å². The molecule has 5 nitrogen and oxygen atoms in total. The number of aryl methyl sites for hydroxylation is 1. The third-order valence-corrected chi connectivity index (χ3v) is 4.55. The molecule has 0 aliphatic heterocycles. The van der Waals surface area contributed by atoms with Crippen molar-refractivity contribution in [3.8, 4) is 6.07 Å². The van der Waals surface area contributed by atoms with E-state index < -0.39 is 10.0 Å². The third kappa shape index (κ3) is 3.27. The van der Waals surface area contributed by atoms with Crippen LogP contribution in [-0.2, 0) is 10.0 Å². The first-order chi connectivity index (χ1) is 9.83. The number of anilines is 2. The Balaban J connectivity index is 2.41. The van der Waals surface area contributed by atoms with Crippen LogP contribution in [0.4, 0.5) is 11.4 Å². The zero-order valence-electron chi connectivity index (χ0n) is 11.1. The number of nitrogens with two attached hydrogens (primary N) is 1. The Hall–Kier alpha value is -2.23. The molecule has 0 aliphatic rings. The summed E-state index contributed by atoms with van der Waals surface area (Å²) in [6.45, 7) is 1.77. The molecule has 0 fully saturated rings. The first kappa shape index (κ1) is 15.2. The zero-order valence-corrected chi connectivity index (χ0v) is 12.7. The molecule has 2 rings (SSSR count). The maximum Gasteiger partial charge on any atom is 0.261 e. The highest BCUT2D eigenvalue weighted by Gasteiger charge is 2.17. The highest BCUT2D eigenvalue weighted by atomic mass is 35.5. The molecule has 0 aliphatic carbocycles. The number of halogens is 1. The lowest BCUT2D eigenvalue weighted by Gasteiger charge is -2.11. The fourth-order valence-corrected chi connectivity index (χ4v) is 3.14. The minimum absolute atomic E-state index is 0.0201. The Morgan fingerprint density at radius 3 is 2.57 bits per heavy atom. The van der Waals surface area contributed by atoms with Crippen molar-refractivity contribution in [3.63, 3.8) is 0 Å². The smallest absolute Gasteiger partial charge is 0.261 e. The molecule has 2 aromatic carbocycles.